The molecular weight excluding hydrogens is 296 g/mol. The van der Waals surface area contributed by atoms with Crippen LogP contribution < -0.4 is 5.32 Å². The van der Waals surface area contributed by atoms with Crippen LogP contribution in [0.25, 0.3) is 0 Å². The molecule has 0 bridgehead atoms. The zero-order valence-corrected chi connectivity index (χ0v) is 12.7. The van der Waals surface area contributed by atoms with Crippen molar-refractivity contribution >= 4 is 23.2 Å². The molecule has 0 fully saturated rings. The predicted octanol–water partition coefficient (Wildman–Crippen LogP) is 5.22. The molecule has 1 unspecified atom stereocenters. The zero-order valence-electron chi connectivity index (χ0n) is 11.2. The van der Waals surface area contributed by atoms with Gasteiger partial charge in [-0.25, -0.2) is 4.39 Å². The molecule has 0 aliphatic rings. The molecule has 0 aliphatic heterocycles. The maximum absolute atomic E-state index is 13.2. The Balaban J connectivity index is 2.38. The average molecular weight is 312 g/mol. The summed E-state index contributed by atoms with van der Waals surface area (Å²) in [6, 6.07) is 12.0. The highest BCUT2D eigenvalue weighted by Crippen LogP contribution is 2.29. The highest BCUT2D eigenvalue weighted by molar-refractivity contribution is 6.31. The van der Waals surface area contributed by atoms with Crippen LogP contribution in [-0.2, 0) is 0 Å². The van der Waals surface area contributed by atoms with Crippen LogP contribution in [0.15, 0.2) is 42.5 Å². The van der Waals surface area contributed by atoms with Crippen molar-refractivity contribution in [2.75, 3.05) is 6.54 Å². The second kappa shape index (κ2) is 7.07. The van der Waals surface area contributed by atoms with Gasteiger partial charge in [-0.2, -0.15) is 0 Å². The molecule has 0 saturated heterocycles. The molecule has 20 heavy (non-hydrogen) atoms. The fraction of sp³-hybridized carbons (Fsp3) is 0.250. The Morgan fingerprint density at radius 1 is 1.10 bits per heavy atom. The lowest BCUT2D eigenvalue weighted by atomic mass is 9.98. The molecule has 0 aromatic heterocycles. The van der Waals surface area contributed by atoms with E-state index in [2.05, 4.69) is 12.2 Å². The third-order valence-electron chi connectivity index (χ3n) is 3.08. The quantitative estimate of drug-likeness (QED) is 0.798. The largest absolute Gasteiger partial charge is 0.306 e. The van der Waals surface area contributed by atoms with Gasteiger partial charge in [-0.1, -0.05) is 48.3 Å². The van der Waals surface area contributed by atoms with Gasteiger partial charge < -0.3 is 5.32 Å². The molecule has 1 nitrogen and oxygen atoms in total. The number of nitrogens with one attached hydrogen (secondary N) is 1. The Kier molecular flexibility index (Phi) is 5.41. The highest BCUT2D eigenvalue weighted by Gasteiger charge is 2.16. The Bertz CT molecular complexity index is 569. The van der Waals surface area contributed by atoms with E-state index in [1.807, 2.05) is 24.3 Å². The van der Waals surface area contributed by atoms with Gasteiger partial charge in [0.05, 0.1) is 6.04 Å². The third kappa shape index (κ3) is 3.72. The number of hydrogen-bond acceptors (Lipinski definition) is 1. The summed E-state index contributed by atoms with van der Waals surface area (Å²) < 4.78 is 13.2. The first-order valence-corrected chi connectivity index (χ1v) is 7.31. The maximum Gasteiger partial charge on any atom is 0.124 e. The van der Waals surface area contributed by atoms with Gasteiger partial charge in [0.25, 0.3) is 0 Å². The molecule has 0 spiro atoms. The van der Waals surface area contributed by atoms with Crippen LogP contribution in [0.3, 0.4) is 0 Å². The summed E-state index contributed by atoms with van der Waals surface area (Å²) in [6.45, 7) is 2.94. The minimum Gasteiger partial charge on any atom is -0.306 e. The number of hydrogen-bond donors (Lipinski definition) is 1. The number of rotatable bonds is 5. The molecule has 4 heteroatoms. The standard InChI is InChI=1S/C16H16Cl2FN/c1-2-9-20-16(11-3-5-12(17)6-4-11)14-8-7-13(19)10-15(14)18/h3-8,10,16,20H,2,9H2,1H3. The molecule has 0 aliphatic carbocycles. The summed E-state index contributed by atoms with van der Waals surface area (Å²) in [5.41, 5.74) is 1.92. The van der Waals surface area contributed by atoms with Crippen molar-refractivity contribution in [3.63, 3.8) is 0 Å². The van der Waals surface area contributed by atoms with Gasteiger partial charge in [0.15, 0.2) is 0 Å². The van der Waals surface area contributed by atoms with Crippen molar-refractivity contribution in [3.05, 3.63) is 69.5 Å². The zero-order chi connectivity index (χ0) is 14.5. The predicted molar refractivity (Wildman–Crippen MR) is 83.0 cm³/mol. The lowest BCUT2D eigenvalue weighted by Gasteiger charge is -2.21. The SMILES string of the molecule is CCCNC(c1ccc(Cl)cc1)c1ccc(F)cc1Cl. The molecule has 1 atom stereocenters. The molecule has 0 radical (unpaired) electrons. The van der Waals surface area contributed by atoms with Crippen molar-refractivity contribution in [1.82, 2.24) is 5.32 Å². The first-order valence-electron chi connectivity index (χ1n) is 6.55. The van der Waals surface area contributed by atoms with Crippen molar-refractivity contribution in [2.45, 2.75) is 19.4 Å². The van der Waals surface area contributed by atoms with Crippen LogP contribution in [0.1, 0.15) is 30.5 Å². The normalized spacial score (nSPS) is 12.4. The molecule has 2 aromatic carbocycles. The molecule has 106 valence electrons. The molecule has 2 aromatic rings. The van der Waals surface area contributed by atoms with E-state index < -0.39 is 0 Å². The second-order valence-corrected chi connectivity index (χ2v) is 5.45. The molecule has 0 amide bonds. The number of benzene rings is 2. The van der Waals surface area contributed by atoms with Gasteiger partial charge in [-0.3, -0.25) is 0 Å². The van der Waals surface area contributed by atoms with E-state index in [1.165, 1.54) is 12.1 Å². The first kappa shape index (κ1) is 15.3. The van der Waals surface area contributed by atoms with Crippen LogP contribution in [0.5, 0.6) is 0 Å². The van der Waals surface area contributed by atoms with Crippen LogP contribution in [0.4, 0.5) is 4.39 Å². The Labute approximate surface area is 128 Å². The molecule has 0 saturated carbocycles. The molecule has 1 N–H and O–H groups in total. The van der Waals surface area contributed by atoms with Crippen LogP contribution in [-0.4, -0.2) is 6.54 Å². The molecule has 2 rings (SSSR count). The lowest BCUT2D eigenvalue weighted by molar-refractivity contribution is 0.593. The van der Waals surface area contributed by atoms with Gasteiger partial charge >= 0.3 is 0 Å². The number of halogens is 3. The Hall–Kier alpha value is -1.09. The fourth-order valence-corrected chi connectivity index (χ4v) is 2.49. The fourth-order valence-electron chi connectivity index (χ4n) is 2.09. The van der Waals surface area contributed by atoms with E-state index in [0.29, 0.717) is 10.0 Å². The van der Waals surface area contributed by atoms with Gasteiger partial charge in [-0.05, 0) is 48.4 Å². The maximum atomic E-state index is 13.2. The van der Waals surface area contributed by atoms with Crippen molar-refractivity contribution in [2.24, 2.45) is 0 Å². The average Bonchev–Trinajstić information content (AvgIpc) is 2.42. The summed E-state index contributed by atoms with van der Waals surface area (Å²) in [7, 11) is 0. The van der Waals surface area contributed by atoms with Gasteiger partial charge in [0, 0.05) is 10.0 Å². The summed E-state index contributed by atoms with van der Waals surface area (Å²) in [6.07, 6.45) is 1.00. The Morgan fingerprint density at radius 2 is 1.80 bits per heavy atom. The highest BCUT2D eigenvalue weighted by atomic mass is 35.5. The van der Waals surface area contributed by atoms with Crippen LogP contribution in [0.2, 0.25) is 10.0 Å². The Morgan fingerprint density at radius 3 is 2.40 bits per heavy atom. The van der Waals surface area contributed by atoms with Gasteiger partial charge in [0.1, 0.15) is 5.82 Å². The van der Waals surface area contributed by atoms with Crippen LogP contribution in [0, 0.1) is 5.82 Å². The van der Waals surface area contributed by atoms with E-state index in [4.69, 9.17) is 23.2 Å². The molecule has 0 heterocycles. The first-order chi connectivity index (χ1) is 9.61. The summed E-state index contributed by atoms with van der Waals surface area (Å²) in [5.74, 6) is -0.330. The van der Waals surface area contributed by atoms with E-state index in [-0.39, 0.29) is 11.9 Å². The van der Waals surface area contributed by atoms with Crippen molar-refractivity contribution in [3.8, 4) is 0 Å². The molecular formula is C16H16Cl2FN. The van der Waals surface area contributed by atoms with E-state index in [0.717, 1.165) is 24.1 Å². The second-order valence-electron chi connectivity index (χ2n) is 4.60. The van der Waals surface area contributed by atoms with E-state index in [9.17, 15) is 4.39 Å². The van der Waals surface area contributed by atoms with Crippen molar-refractivity contribution in [1.29, 1.82) is 0 Å². The smallest absolute Gasteiger partial charge is 0.124 e. The summed E-state index contributed by atoms with van der Waals surface area (Å²) in [5, 5.41) is 4.54. The third-order valence-corrected chi connectivity index (χ3v) is 3.65. The van der Waals surface area contributed by atoms with Gasteiger partial charge in [0.2, 0.25) is 0 Å². The summed E-state index contributed by atoms with van der Waals surface area (Å²) >= 11 is 12.1. The topological polar surface area (TPSA) is 12.0 Å². The minimum atomic E-state index is -0.330. The van der Waals surface area contributed by atoms with E-state index >= 15 is 0 Å². The summed E-state index contributed by atoms with van der Waals surface area (Å²) in [4.78, 5) is 0. The lowest BCUT2D eigenvalue weighted by Crippen LogP contribution is -2.23. The monoisotopic (exact) mass is 311 g/mol. The van der Waals surface area contributed by atoms with Gasteiger partial charge in [-0.15, -0.1) is 0 Å². The van der Waals surface area contributed by atoms with E-state index in [1.54, 1.807) is 6.07 Å². The minimum absolute atomic E-state index is 0.0692. The van der Waals surface area contributed by atoms with Crippen molar-refractivity contribution < 1.29 is 4.39 Å². The van der Waals surface area contributed by atoms with Crippen LogP contribution >= 0.6 is 23.2 Å².